The second-order valence-corrected chi connectivity index (χ2v) is 6.20. The first-order valence-electron chi connectivity index (χ1n) is 6.87. The van der Waals surface area contributed by atoms with Crippen LogP contribution in [0.4, 0.5) is 0 Å². The Morgan fingerprint density at radius 2 is 1.76 bits per heavy atom. The molecule has 0 saturated carbocycles. The molecule has 1 rings (SSSR count). The Morgan fingerprint density at radius 1 is 1.24 bits per heavy atom. The van der Waals surface area contributed by atoms with E-state index in [0.717, 1.165) is 11.1 Å². The van der Waals surface area contributed by atoms with E-state index in [4.69, 9.17) is 10.5 Å². The topological polar surface area (TPSA) is 89.6 Å². The molecule has 0 amide bonds. The Labute approximate surface area is 125 Å². The van der Waals surface area contributed by atoms with Crippen LogP contribution in [0.3, 0.4) is 0 Å². The van der Waals surface area contributed by atoms with Crippen molar-refractivity contribution < 1.29 is 19.4 Å². The molecule has 21 heavy (non-hydrogen) atoms. The van der Waals surface area contributed by atoms with Gasteiger partial charge in [-0.15, -0.1) is 0 Å². The number of hydrogen-bond acceptors (Lipinski definition) is 4. The fourth-order valence-electron chi connectivity index (χ4n) is 1.94. The average molecular weight is 293 g/mol. The smallest absolute Gasteiger partial charge is 0.322 e. The summed E-state index contributed by atoms with van der Waals surface area (Å²) in [5.74, 6) is -3.43. The Bertz CT molecular complexity index is 502. The minimum Gasteiger partial charge on any atom is -0.481 e. The summed E-state index contributed by atoms with van der Waals surface area (Å²) >= 11 is 0. The zero-order valence-corrected chi connectivity index (χ0v) is 12.9. The first-order chi connectivity index (χ1) is 9.60. The predicted octanol–water partition coefficient (Wildman–Crippen LogP) is 1.91. The summed E-state index contributed by atoms with van der Waals surface area (Å²) in [5, 5.41) is 9.25. The Hall–Kier alpha value is -1.88. The minimum atomic E-state index is -1.37. The van der Waals surface area contributed by atoms with Gasteiger partial charge >= 0.3 is 11.9 Å². The number of benzene rings is 1. The predicted molar refractivity (Wildman–Crippen MR) is 79.8 cm³/mol. The number of aliphatic carboxylic acids is 1. The number of ether oxygens (including phenoxy) is 1. The number of aryl methyl sites for hydroxylation is 1. The van der Waals surface area contributed by atoms with Gasteiger partial charge in [-0.05, 0) is 39.7 Å². The number of carbonyl (C=O) groups is 2. The molecule has 0 spiro atoms. The van der Waals surface area contributed by atoms with Gasteiger partial charge < -0.3 is 15.6 Å². The van der Waals surface area contributed by atoms with E-state index < -0.39 is 29.5 Å². The number of rotatable bonds is 5. The highest BCUT2D eigenvalue weighted by molar-refractivity contribution is 5.95. The molecule has 0 heterocycles. The van der Waals surface area contributed by atoms with Crippen molar-refractivity contribution >= 4 is 11.9 Å². The van der Waals surface area contributed by atoms with Crippen molar-refractivity contribution in [3.8, 4) is 0 Å². The van der Waals surface area contributed by atoms with Gasteiger partial charge in [0, 0.05) is 6.04 Å². The van der Waals surface area contributed by atoms with Crippen LogP contribution in [0, 0.1) is 12.8 Å². The molecule has 0 aliphatic rings. The fourth-order valence-corrected chi connectivity index (χ4v) is 1.94. The van der Waals surface area contributed by atoms with Crippen molar-refractivity contribution in [1.29, 1.82) is 0 Å². The van der Waals surface area contributed by atoms with Crippen LogP contribution in [0.2, 0.25) is 0 Å². The fraction of sp³-hybridized carbons (Fsp3) is 0.500. The molecule has 0 radical (unpaired) electrons. The third kappa shape index (κ3) is 5.55. The van der Waals surface area contributed by atoms with E-state index in [1.165, 1.54) is 0 Å². The molecule has 1 aromatic carbocycles. The molecule has 5 heteroatoms. The molecule has 3 N–H and O–H groups in total. The zero-order valence-electron chi connectivity index (χ0n) is 12.9. The Balaban J connectivity index is 2.82. The molecule has 116 valence electrons. The van der Waals surface area contributed by atoms with E-state index >= 15 is 0 Å². The molecule has 2 atom stereocenters. The summed E-state index contributed by atoms with van der Waals surface area (Å²) in [6, 6.07) is 6.77. The van der Waals surface area contributed by atoms with Crippen LogP contribution in [0.25, 0.3) is 0 Å². The van der Waals surface area contributed by atoms with Gasteiger partial charge in [-0.3, -0.25) is 9.59 Å². The number of carboxylic acid groups (broad SMARTS) is 1. The quantitative estimate of drug-likeness (QED) is 0.639. The molecule has 0 saturated heterocycles. The largest absolute Gasteiger partial charge is 0.481 e. The van der Waals surface area contributed by atoms with Crippen molar-refractivity contribution in [2.75, 3.05) is 0 Å². The first-order valence-corrected chi connectivity index (χ1v) is 6.87. The highest BCUT2D eigenvalue weighted by Crippen LogP contribution is 2.16. The third-order valence-corrected chi connectivity index (χ3v) is 2.95. The molecular formula is C16H23NO4. The third-order valence-electron chi connectivity index (χ3n) is 2.95. The Kier molecular flexibility index (Phi) is 5.49. The van der Waals surface area contributed by atoms with Crippen molar-refractivity contribution in [3.63, 3.8) is 0 Å². The van der Waals surface area contributed by atoms with Gasteiger partial charge in [0.2, 0.25) is 0 Å². The summed E-state index contributed by atoms with van der Waals surface area (Å²) in [6.07, 6.45) is 0.302. The summed E-state index contributed by atoms with van der Waals surface area (Å²) in [5.41, 5.74) is 7.18. The number of hydrogen-bond donors (Lipinski definition) is 2. The van der Waals surface area contributed by atoms with Crippen molar-refractivity contribution in [2.24, 2.45) is 11.7 Å². The maximum atomic E-state index is 12.0. The van der Waals surface area contributed by atoms with Crippen LogP contribution >= 0.6 is 0 Å². The highest BCUT2D eigenvalue weighted by atomic mass is 16.6. The maximum absolute atomic E-state index is 12.0. The minimum absolute atomic E-state index is 0.302. The van der Waals surface area contributed by atoms with Gasteiger partial charge in [0.05, 0.1) is 0 Å². The van der Waals surface area contributed by atoms with Crippen molar-refractivity contribution in [2.45, 2.75) is 45.8 Å². The van der Waals surface area contributed by atoms with Crippen LogP contribution in [0.1, 0.15) is 31.9 Å². The van der Waals surface area contributed by atoms with E-state index in [1.54, 1.807) is 20.8 Å². The van der Waals surface area contributed by atoms with Gasteiger partial charge in [-0.1, -0.05) is 29.8 Å². The van der Waals surface area contributed by atoms with Crippen LogP contribution in [-0.4, -0.2) is 28.7 Å². The van der Waals surface area contributed by atoms with E-state index in [2.05, 4.69) is 0 Å². The van der Waals surface area contributed by atoms with Crippen LogP contribution < -0.4 is 5.73 Å². The van der Waals surface area contributed by atoms with E-state index in [1.807, 2.05) is 31.2 Å². The van der Waals surface area contributed by atoms with Crippen LogP contribution in [0.5, 0.6) is 0 Å². The second kappa shape index (κ2) is 6.72. The molecule has 5 nitrogen and oxygen atoms in total. The molecule has 0 aromatic heterocycles. The summed E-state index contributed by atoms with van der Waals surface area (Å²) in [6.45, 7) is 7.03. The summed E-state index contributed by atoms with van der Waals surface area (Å²) < 4.78 is 5.14. The van der Waals surface area contributed by atoms with Gasteiger partial charge in [0.15, 0.2) is 5.92 Å². The number of nitrogens with two attached hydrogens (primary N) is 1. The lowest BCUT2D eigenvalue weighted by Gasteiger charge is -2.25. The average Bonchev–Trinajstić information content (AvgIpc) is 2.29. The van der Waals surface area contributed by atoms with Gasteiger partial charge in [-0.2, -0.15) is 0 Å². The second-order valence-electron chi connectivity index (χ2n) is 6.20. The van der Waals surface area contributed by atoms with Crippen LogP contribution in [0.15, 0.2) is 24.3 Å². The Morgan fingerprint density at radius 3 is 2.19 bits per heavy atom. The lowest BCUT2D eigenvalue weighted by Crippen LogP contribution is -2.45. The standard InChI is InChI=1S/C16H23NO4/c1-10-5-7-11(8-6-10)9-12(17)13(14(18)19)15(20)21-16(2,3)4/h5-8,12-13H,9,17H2,1-4H3,(H,18,19). The van der Waals surface area contributed by atoms with E-state index in [0.29, 0.717) is 6.42 Å². The maximum Gasteiger partial charge on any atom is 0.322 e. The molecule has 0 aliphatic carbocycles. The molecule has 1 aromatic rings. The highest BCUT2D eigenvalue weighted by Gasteiger charge is 2.36. The lowest BCUT2D eigenvalue weighted by atomic mass is 9.93. The SMILES string of the molecule is Cc1ccc(CC(N)C(C(=O)O)C(=O)OC(C)(C)C)cc1. The zero-order chi connectivity index (χ0) is 16.2. The van der Waals surface area contributed by atoms with Gasteiger partial charge in [0.1, 0.15) is 5.60 Å². The molecule has 2 unspecified atom stereocenters. The number of carbonyl (C=O) groups excluding carboxylic acids is 1. The molecule has 0 bridgehead atoms. The number of esters is 1. The normalized spacial score (nSPS) is 14.3. The first kappa shape index (κ1) is 17.2. The molecule has 0 fully saturated rings. The van der Waals surface area contributed by atoms with E-state index in [9.17, 15) is 14.7 Å². The number of carboxylic acids is 1. The molecule has 0 aliphatic heterocycles. The van der Waals surface area contributed by atoms with Crippen molar-refractivity contribution in [3.05, 3.63) is 35.4 Å². The van der Waals surface area contributed by atoms with Crippen LogP contribution in [-0.2, 0) is 20.7 Å². The molecular weight excluding hydrogens is 270 g/mol. The summed E-state index contributed by atoms with van der Waals surface area (Å²) in [7, 11) is 0. The van der Waals surface area contributed by atoms with E-state index in [-0.39, 0.29) is 0 Å². The van der Waals surface area contributed by atoms with Gasteiger partial charge in [-0.25, -0.2) is 0 Å². The lowest BCUT2D eigenvalue weighted by molar-refractivity contribution is -0.167. The van der Waals surface area contributed by atoms with Crippen molar-refractivity contribution in [1.82, 2.24) is 0 Å². The monoisotopic (exact) mass is 293 g/mol. The van der Waals surface area contributed by atoms with Gasteiger partial charge in [0.25, 0.3) is 0 Å². The summed E-state index contributed by atoms with van der Waals surface area (Å²) in [4.78, 5) is 23.3.